The van der Waals surface area contributed by atoms with Gasteiger partial charge in [0.05, 0.1) is 5.75 Å². The smallest absolute Gasteiger partial charge is 0.407 e. The number of carbonyl (C=O) groups is 2. The Kier molecular flexibility index (Phi) is 13.3. The monoisotopic (exact) mass is 521 g/mol. The predicted octanol–water partition coefficient (Wildman–Crippen LogP) is 3.20. The molecule has 0 bridgehead atoms. The Morgan fingerprint density at radius 1 is 0.722 bits per heavy atom. The second-order valence-electron chi connectivity index (χ2n) is 8.17. The second kappa shape index (κ2) is 16.5. The molecule has 0 fully saturated rings. The van der Waals surface area contributed by atoms with Gasteiger partial charge in [0.25, 0.3) is 10.1 Å². The van der Waals surface area contributed by atoms with Crippen LogP contribution in [-0.2, 0) is 32.8 Å². The van der Waals surface area contributed by atoms with E-state index < -0.39 is 22.3 Å². The van der Waals surface area contributed by atoms with Crippen LogP contribution in [0.3, 0.4) is 0 Å². The first kappa shape index (κ1) is 29.1. The van der Waals surface area contributed by atoms with E-state index in [1.807, 2.05) is 65.6 Å². The third kappa shape index (κ3) is 14.3. The molecule has 10 nitrogen and oxygen atoms in total. The predicted molar refractivity (Wildman–Crippen MR) is 136 cm³/mol. The number of amides is 2. The normalized spacial score (nSPS) is 11.2. The van der Waals surface area contributed by atoms with E-state index in [1.54, 1.807) is 0 Å². The molecule has 0 unspecified atom stereocenters. The van der Waals surface area contributed by atoms with E-state index in [1.165, 1.54) is 0 Å². The standard InChI is InChI=1S/C25H35N3O7S/c29-24(34-20-22-10-3-1-4-11-22)26-14-7-16-28(18-9-19-36(31,32)33)17-8-15-27-25(30)35-21-23-12-5-2-6-13-23/h1-6,10-13H,7-9,14-21H2,(H,26,29)(H,27,30)(H,31,32,33). The largest absolute Gasteiger partial charge is 0.445 e. The molecule has 3 N–H and O–H groups in total. The maximum Gasteiger partial charge on any atom is 0.407 e. The maximum absolute atomic E-state index is 11.9. The van der Waals surface area contributed by atoms with E-state index in [2.05, 4.69) is 10.6 Å². The average Bonchev–Trinajstić information content (AvgIpc) is 2.86. The Bertz CT molecular complexity index is 941. The summed E-state index contributed by atoms with van der Waals surface area (Å²) in [4.78, 5) is 25.8. The van der Waals surface area contributed by atoms with Gasteiger partial charge in [-0.3, -0.25) is 4.55 Å². The molecule has 2 aromatic carbocycles. The molecule has 0 heterocycles. The van der Waals surface area contributed by atoms with Gasteiger partial charge in [-0.2, -0.15) is 8.42 Å². The molecule has 0 atom stereocenters. The minimum atomic E-state index is -4.02. The lowest BCUT2D eigenvalue weighted by Gasteiger charge is -2.22. The van der Waals surface area contributed by atoms with Gasteiger partial charge in [0.1, 0.15) is 13.2 Å². The van der Waals surface area contributed by atoms with E-state index in [9.17, 15) is 18.0 Å². The molecule has 11 heteroatoms. The number of alkyl carbamates (subject to hydrolysis) is 2. The van der Waals surface area contributed by atoms with Gasteiger partial charge in [0.15, 0.2) is 0 Å². The van der Waals surface area contributed by atoms with Gasteiger partial charge in [-0.25, -0.2) is 9.59 Å². The van der Waals surface area contributed by atoms with Crippen LogP contribution in [0.25, 0.3) is 0 Å². The van der Waals surface area contributed by atoms with Crippen LogP contribution in [0, 0.1) is 0 Å². The summed E-state index contributed by atoms with van der Waals surface area (Å²) >= 11 is 0. The summed E-state index contributed by atoms with van der Waals surface area (Å²) in [5.74, 6) is -0.322. The minimum absolute atomic E-state index is 0.190. The zero-order valence-corrected chi connectivity index (χ0v) is 21.1. The van der Waals surface area contributed by atoms with Gasteiger partial charge in [-0.1, -0.05) is 60.7 Å². The molecule has 2 rings (SSSR count). The van der Waals surface area contributed by atoms with Gasteiger partial charge in [0, 0.05) is 13.1 Å². The summed E-state index contributed by atoms with van der Waals surface area (Å²) in [5.41, 5.74) is 1.80. The van der Waals surface area contributed by atoms with Crippen LogP contribution < -0.4 is 10.6 Å². The Morgan fingerprint density at radius 3 is 1.56 bits per heavy atom. The summed E-state index contributed by atoms with van der Waals surface area (Å²) in [7, 11) is -4.02. The molecule has 0 saturated carbocycles. The Labute approximate surface area is 212 Å². The van der Waals surface area contributed by atoms with Crippen molar-refractivity contribution in [3.63, 3.8) is 0 Å². The van der Waals surface area contributed by atoms with Crippen LogP contribution >= 0.6 is 0 Å². The van der Waals surface area contributed by atoms with Crippen LogP contribution in [0.4, 0.5) is 9.59 Å². The quantitative estimate of drug-likeness (QED) is 0.226. The van der Waals surface area contributed by atoms with Crippen LogP contribution in [0.1, 0.15) is 30.4 Å². The summed E-state index contributed by atoms with van der Waals surface area (Å²) in [5, 5.41) is 5.40. The fourth-order valence-electron chi connectivity index (χ4n) is 3.34. The van der Waals surface area contributed by atoms with Crippen molar-refractivity contribution in [2.24, 2.45) is 0 Å². The summed E-state index contributed by atoms with van der Waals surface area (Å²) < 4.78 is 41.4. The van der Waals surface area contributed by atoms with E-state index >= 15 is 0 Å². The number of ether oxygens (including phenoxy) is 2. The van der Waals surface area contributed by atoms with E-state index in [0.29, 0.717) is 45.6 Å². The van der Waals surface area contributed by atoms with Crippen molar-refractivity contribution in [3.05, 3.63) is 71.8 Å². The summed E-state index contributed by atoms with van der Waals surface area (Å²) in [6.07, 6.45) is 0.514. The van der Waals surface area contributed by atoms with Crippen LogP contribution in [0.2, 0.25) is 0 Å². The number of carbonyl (C=O) groups excluding carboxylic acids is 2. The zero-order chi connectivity index (χ0) is 26.1. The Morgan fingerprint density at radius 2 is 1.14 bits per heavy atom. The molecular formula is C25H35N3O7S. The van der Waals surface area contributed by atoms with E-state index in [0.717, 1.165) is 11.1 Å². The van der Waals surface area contributed by atoms with Gasteiger partial charge in [0.2, 0.25) is 0 Å². The van der Waals surface area contributed by atoms with Gasteiger partial charge in [-0.05, 0) is 50.0 Å². The molecule has 0 aliphatic carbocycles. The summed E-state index contributed by atoms with van der Waals surface area (Å²) in [6.45, 7) is 2.83. The fourth-order valence-corrected chi connectivity index (χ4v) is 3.83. The topological polar surface area (TPSA) is 134 Å². The molecule has 2 amide bonds. The second-order valence-corrected chi connectivity index (χ2v) is 9.74. The highest BCUT2D eigenvalue weighted by Gasteiger charge is 2.10. The van der Waals surface area contributed by atoms with Crippen LogP contribution in [-0.4, -0.2) is 68.5 Å². The fraction of sp³-hybridized carbons (Fsp3) is 0.440. The van der Waals surface area contributed by atoms with Crippen LogP contribution in [0.5, 0.6) is 0 Å². The number of hydrogen-bond donors (Lipinski definition) is 3. The first-order valence-electron chi connectivity index (χ1n) is 11.9. The third-order valence-corrected chi connectivity index (χ3v) is 5.95. The lowest BCUT2D eigenvalue weighted by Crippen LogP contribution is -2.34. The first-order valence-corrected chi connectivity index (χ1v) is 13.5. The van der Waals surface area contributed by atoms with E-state index in [-0.39, 0.29) is 25.4 Å². The lowest BCUT2D eigenvalue weighted by atomic mass is 10.2. The highest BCUT2D eigenvalue weighted by molar-refractivity contribution is 7.85. The zero-order valence-electron chi connectivity index (χ0n) is 20.3. The van der Waals surface area contributed by atoms with Crippen molar-refractivity contribution >= 4 is 22.3 Å². The van der Waals surface area contributed by atoms with Crippen molar-refractivity contribution in [1.29, 1.82) is 0 Å². The molecule has 36 heavy (non-hydrogen) atoms. The maximum atomic E-state index is 11.9. The van der Waals surface area contributed by atoms with Crippen molar-refractivity contribution in [2.75, 3.05) is 38.5 Å². The van der Waals surface area contributed by atoms with Crippen molar-refractivity contribution in [1.82, 2.24) is 15.5 Å². The molecule has 0 aliphatic heterocycles. The molecule has 0 aromatic heterocycles. The molecular weight excluding hydrogens is 486 g/mol. The third-order valence-electron chi connectivity index (χ3n) is 5.14. The molecule has 0 spiro atoms. The summed E-state index contributed by atoms with van der Waals surface area (Å²) in [6, 6.07) is 18.7. The number of hydrogen-bond acceptors (Lipinski definition) is 7. The molecule has 0 radical (unpaired) electrons. The Balaban J connectivity index is 1.64. The average molecular weight is 522 g/mol. The Hall–Kier alpha value is -3.15. The molecule has 2 aromatic rings. The van der Waals surface area contributed by atoms with Gasteiger partial charge in [-0.15, -0.1) is 0 Å². The number of benzene rings is 2. The van der Waals surface area contributed by atoms with Crippen molar-refractivity contribution < 1.29 is 32.0 Å². The van der Waals surface area contributed by atoms with Crippen LogP contribution in [0.15, 0.2) is 60.7 Å². The minimum Gasteiger partial charge on any atom is -0.445 e. The lowest BCUT2D eigenvalue weighted by molar-refractivity contribution is 0.139. The molecule has 0 aliphatic rings. The molecule has 0 saturated heterocycles. The van der Waals surface area contributed by atoms with Gasteiger partial charge < -0.3 is 25.0 Å². The molecule has 198 valence electrons. The van der Waals surface area contributed by atoms with E-state index in [4.69, 9.17) is 14.0 Å². The number of nitrogens with zero attached hydrogens (tertiary/aromatic N) is 1. The highest BCUT2D eigenvalue weighted by Crippen LogP contribution is 2.02. The van der Waals surface area contributed by atoms with Crippen molar-refractivity contribution in [3.8, 4) is 0 Å². The van der Waals surface area contributed by atoms with Gasteiger partial charge >= 0.3 is 12.2 Å². The number of rotatable bonds is 16. The highest BCUT2D eigenvalue weighted by atomic mass is 32.2. The first-order chi connectivity index (χ1) is 17.3. The van der Waals surface area contributed by atoms with Crippen molar-refractivity contribution in [2.45, 2.75) is 32.5 Å². The SMILES string of the molecule is O=C(NCCCN(CCCNC(=O)OCc1ccccc1)CCCS(=O)(=O)O)OCc1ccccc1. The number of nitrogens with one attached hydrogen (secondary N) is 2.